The molecular weight excluding hydrogens is 214 g/mol. The molecule has 0 spiro atoms. The first-order valence-electron chi connectivity index (χ1n) is 3.97. The van der Waals surface area contributed by atoms with Crippen molar-refractivity contribution in [3.8, 4) is 0 Å². The summed E-state index contributed by atoms with van der Waals surface area (Å²) in [5.41, 5.74) is 1.22. The Hall–Kier alpha value is -0.100. The topological polar surface area (TPSA) is 46.6 Å². The van der Waals surface area contributed by atoms with E-state index in [0.717, 1.165) is 0 Å². The van der Waals surface area contributed by atoms with Gasteiger partial charge in [-0.3, -0.25) is 0 Å². The molecule has 0 unspecified atom stereocenters. The van der Waals surface area contributed by atoms with Gasteiger partial charge in [-0.05, 0) is 0 Å². The molecule has 1 aliphatic heterocycles. The van der Waals surface area contributed by atoms with Gasteiger partial charge in [-0.2, -0.15) is 4.31 Å². The number of sulfonamides is 1. The van der Waals surface area contributed by atoms with Crippen LogP contribution in [0.25, 0.3) is 0 Å². The van der Waals surface area contributed by atoms with Gasteiger partial charge in [-0.1, -0.05) is 17.7 Å². The van der Waals surface area contributed by atoms with Crippen molar-refractivity contribution in [1.82, 2.24) is 4.31 Å². The molecule has 1 saturated heterocycles. The quantitative estimate of drug-likeness (QED) is 0.699. The van der Waals surface area contributed by atoms with E-state index in [0.29, 0.717) is 26.3 Å². The Balaban J connectivity index is 2.56. The molecule has 0 radical (unpaired) electrons. The minimum atomic E-state index is -3.16. The number of nitrogens with zero attached hydrogens (tertiary/aromatic N) is 1. The van der Waals surface area contributed by atoms with E-state index in [4.69, 9.17) is 16.3 Å². The van der Waals surface area contributed by atoms with Gasteiger partial charge in [0.15, 0.2) is 0 Å². The van der Waals surface area contributed by atoms with Crippen LogP contribution in [-0.4, -0.2) is 44.8 Å². The van der Waals surface area contributed by atoms with E-state index in [1.165, 1.54) is 15.9 Å². The normalized spacial score (nSPS) is 21.0. The largest absolute Gasteiger partial charge is 0.379 e. The zero-order valence-electron chi connectivity index (χ0n) is 7.15. The summed E-state index contributed by atoms with van der Waals surface area (Å²) in [6.45, 7) is 1.84. The highest BCUT2D eigenvalue weighted by atomic mass is 35.5. The van der Waals surface area contributed by atoms with Crippen LogP contribution in [0.3, 0.4) is 0 Å². The Morgan fingerprint density at radius 1 is 1.38 bits per heavy atom. The molecule has 1 fully saturated rings. The fourth-order valence-electron chi connectivity index (χ4n) is 1.09. The molecule has 0 aromatic heterocycles. The standard InChI is InChI=1S/C7H12ClNO3S/c8-2-1-7-13(10,11)9-3-5-12-6-4-9/h1-2H,3-7H2/b2-1+. The van der Waals surface area contributed by atoms with Crippen LogP contribution in [0, 0.1) is 0 Å². The van der Waals surface area contributed by atoms with Crippen molar-refractivity contribution in [2.45, 2.75) is 0 Å². The van der Waals surface area contributed by atoms with Crippen LogP contribution in [0.4, 0.5) is 0 Å². The molecule has 76 valence electrons. The molecule has 1 rings (SSSR count). The Morgan fingerprint density at radius 2 is 2.00 bits per heavy atom. The summed E-state index contributed by atoms with van der Waals surface area (Å²) >= 11 is 5.26. The smallest absolute Gasteiger partial charge is 0.217 e. The van der Waals surface area contributed by atoms with Crippen LogP contribution < -0.4 is 0 Å². The summed E-state index contributed by atoms with van der Waals surface area (Å²) in [5.74, 6) is -0.0312. The second-order valence-corrected chi connectivity index (χ2v) is 4.92. The van der Waals surface area contributed by atoms with E-state index < -0.39 is 10.0 Å². The van der Waals surface area contributed by atoms with Gasteiger partial charge in [0.05, 0.1) is 19.0 Å². The highest BCUT2D eigenvalue weighted by molar-refractivity contribution is 7.89. The molecule has 1 heterocycles. The van der Waals surface area contributed by atoms with Gasteiger partial charge >= 0.3 is 0 Å². The zero-order chi connectivity index (χ0) is 9.73. The lowest BCUT2D eigenvalue weighted by Crippen LogP contribution is -2.41. The highest BCUT2D eigenvalue weighted by Gasteiger charge is 2.22. The lowest BCUT2D eigenvalue weighted by Gasteiger charge is -2.25. The summed E-state index contributed by atoms with van der Waals surface area (Å²) < 4.78 is 29.5. The average Bonchev–Trinajstić information content (AvgIpc) is 2.16. The molecule has 13 heavy (non-hydrogen) atoms. The molecule has 0 amide bonds. The predicted molar refractivity (Wildman–Crippen MR) is 51.2 cm³/mol. The number of rotatable bonds is 3. The number of halogens is 1. The van der Waals surface area contributed by atoms with Crippen LogP contribution in [-0.2, 0) is 14.8 Å². The zero-order valence-corrected chi connectivity index (χ0v) is 8.72. The molecule has 6 heteroatoms. The monoisotopic (exact) mass is 225 g/mol. The summed E-state index contributed by atoms with van der Waals surface area (Å²) in [4.78, 5) is 0. The second-order valence-electron chi connectivity index (χ2n) is 2.65. The summed E-state index contributed by atoms with van der Waals surface area (Å²) in [5, 5.41) is 0. The van der Waals surface area contributed by atoms with Gasteiger partial charge in [0.1, 0.15) is 0 Å². The first kappa shape index (κ1) is 11.0. The van der Waals surface area contributed by atoms with Gasteiger partial charge in [-0.25, -0.2) is 8.42 Å². The van der Waals surface area contributed by atoms with Gasteiger partial charge in [0, 0.05) is 18.6 Å². The molecule has 1 aliphatic rings. The summed E-state index contributed by atoms with van der Waals surface area (Å²) in [6.07, 6.45) is 1.42. The minimum absolute atomic E-state index is 0.0312. The molecule has 4 nitrogen and oxygen atoms in total. The van der Waals surface area contributed by atoms with Crippen LogP contribution in [0.2, 0.25) is 0 Å². The van der Waals surface area contributed by atoms with E-state index in [2.05, 4.69) is 0 Å². The highest BCUT2D eigenvalue weighted by Crippen LogP contribution is 2.05. The third-order valence-electron chi connectivity index (χ3n) is 1.76. The lowest BCUT2D eigenvalue weighted by molar-refractivity contribution is 0.0732. The maximum absolute atomic E-state index is 11.5. The van der Waals surface area contributed by atoms with Crippen molar-refractivity contribution in [2.75, 3.05) is 32.1 Å². The van der Waals surface area contributed by atoms with Crippen molar-refractivity contribution in [1.29, 1.82) is 0 Å². The average molecular weight is 226 g/mol. The van der Waals surface area contributed by atoms with Crippen molar-refractivity contribution in [3.05, 3.63) is 11.6 Å². The fraction of sp³-hybridized carbons (Fsp3) is 0.714. The van der Waals surface area contributed by atoms with Gasteiger partial charge in [0.25, 0.3) is 0 Å². The van der Waals surface area contributed by atoms with Gasteiger partial charge < -0.3 is 4.74 Å². The van der Waals surface area contributed by atoms with Gasteiger partial charge in [-0.15, -0.1) is 0 Å². The molecule has 0 aromatic rings. The van der Waals surface area contributed by atoms with Crippen LogP contribution in [0.15, 0.2) is 11.6 Å². The van der Waals surface area contributed by atoms with Crippen LogP contribution in [0.1, 0.15) is 0 Å². The number of ether oxygens (including phenoxy) is 1. The first-order valence-corrected chi connectivity index (χ1v) is 6.02. The Morgan fingerprint density at radius 3 is 2.54 bits per heavy atom. The molecule has 0 aliphatic carbocycles. The maximum Gasteiger partial charge on any atom is 0.217 e. The van der Waals surface area contributed by atoms with Crippen molar-refractivity contribution >= 4 is 21.6 Å². The molecule has 0 atom stereocenters. The predicted octanol–water partition coefficient (Wildman–Crippen LogP) is 0.401. The maximum atomic E-state index is 11.5. The molecule has 0 bridgehead atoms. The molecule has 0 N–H and O–H groups in total. The lowest BCUT2D eigenvalue weighted by atomic mass is 10.5. The van der Waals surface area contributed by atoms with Crippen LogP contribution in [0.5, 0.6) is 0 Å². The fourth-order valence-corrected chi connectivity index (χ4v) is 2.54. The van der Waals surface area contributed by atoms with Crippen molar-refractivity contribution in [2.24, 2.45) is 0 Å². The third-order valence-corrected chi connectivity index (χ3v) is 3.70. The number of morpholine rings is 1. The first-order chi connectivity index (χ1) is 6.17. The molecule has 0 saturated carbocycles. The van der Waals surface area contributed by atoms with E-state index in [1.54, 1.807) is 0 Å². The Kier molecular flexibility index (Phi) is 4.18. The van der Waals surface area contributed by atoms with Crippen molar-refractivity contribution in [3.63, 3.8) is 0 Å². The minimum Gasteiger partial charge on any atom is -0.379 e. The van der Waals surface area contributed by atoms with E-state index in [9.17, 15) is 8.42 Å². The van der Waals surface area contributed by atoms with E-state index in [-0.39, 0.29) is 5.75 Å². The third kappa shape index (κ3) is 3.27. The van der Waals surface area contributed by atoms with E-state index >= 15 is 0 Å². The van der Waals surface area contributed by atoms with E-state index in [1.807, 2.05) is 0 Å². The SMILES string of the molecule is O=S(=O)(C/C=C/Cl)N1CCOCC1. The van der Waals surface area contributed by atoms with Crippen LogP contribution >= 0.6 is 11.6 Å². The summed E-state index contributed by atoms with van der Waals surface area (Å²) in [7, 11) is -3.16. The number of hydrogen-bond donors (Lipinski definition) is 0. The summed E-state index contributed by atoms with van der Waals surface area (Å²) in [6, 6.07) is 0. The molecule has 0 aromatic carbocycles. The Bertz CT molecular complexity index is 269. The molecular formula is C7H12ClNO3S. The van der Waals surface area contributed by atoms with Gasteiger partial charge in [0.2, 0.25) is 10.0 Å². The second kappa shape index (κ2) is 4.95. The van der Waals surface area contributed by atoms with Crippen molar-refractivity contribution < 1.29 is 13.2 Å². The number of hydrogen-bond acceptors (Lipinski definition) is 3. The Labute approximate surface area is 83.2 Å².